The fourth-order valence-corrected chi connectivity index (χ4v) is 5.84. The maximum atomic E-state index is 13.6. The van der Waals surface area contributed by atoms with Crippen LogP contribution in [0.2, 0.25) is 0 Å². The summed E-state index contributed by atoms with van der Waals surface area (Å²) in [6, 6.07) is 3.56. The molecule has 1 amide bonds. The van der Waals surface area contributed by atoms with Crippen LogP contribution in [0.3, 0.4) is 0 Å². The van der Waals surface area contributed by atoms with Gasteiger partial charge in [0, 0.05) is 32.8 Å². The molecule has 2 aromatic rings. The molecule has 230 valence electrons. The highest BCUT2D eigenvalue weighted by atomic mass is 19.2. The number of aryl methyl sites for hydroxylation is 2. The molecular formula is C30H37F3N2O7. The molecule has 3 rings (SSSR count). The Balaban J connectivity index is 1.87. The van der Waals surface area contributed by atoms with E-state index in [9.17, 15) is 48.0 Å². The van der Waals surface area contributed by atoms with E-state index < -0.39 is 66.2 Å². The molecule has 0 bridgehead atoms. The van der Waals surface area contributed by atoms with Crippen LogP contribution in [0, 0.1) is 29.3 Å². The summed E-state index contributed by atoms with van der Waals surface area (Å²) < 4.78 is 40.4. The van der Waals surface area contributed by atoms with E-state index in [0.717, 1.165) is 12.1 Å². The average Bonchev–Trinajstić information content (AvgIpc) is 2.91. The van der Waals surface area contributed by atoms with Gasteiger partial charge in [-0.25, -0.2) is 13.2 Å². The molecule has 1 aliphatic rings. The van der Waals surface area contributed by atoms with Gasteiger partial charge in [0.2, 0.25) is 5.91 Å². The van der Waals surface area contributed by atoms with Crippen molar-refractivity contribution in [1.29, 1.82) is 0 Å². The molecule has 2 aromatic carbocycles. The van der Waals surface area contributed by atoms with Crippen molar-refractivity contribution in [1.82, 2.24) is 0 Å². The van der Waals surface area contributed by atoms with Gasteiger partial charge in [-0.1, -0.05) is 0 Å². The molecule has 0 heterocycles. The van der Waals surface area contributed by atoms with Gasteiger partial charge >= 0.3 is 0 Å². The number of aromatic hydroxyl groups is 1. The van der Waals surface area contributed by atoms with Crippen LogP contribution >= 0.6 is 0 Å². The quantitative estimate of drug-likeness (QED) is 0.165. The number of nitrogens with two attached hydrogens (primary N) is 1. The number of hydrogen-bond donors (Lipinski definition) is 5. The number of fused-ring (bicyclic) bond motifs is 1. The number of Topliss-reactive ketones (excluding diaryl/α,β-unsaturated/α-hetero) is 2. The Labute approximate surface area is 241 Å². The standard InChI is InChI=1S/C30H37F3N2O7/c1-35(2)23-13-18(5-3-4-16-10-21(31)28(33)22(32)11-16)29(41)27-20(23)9-17(12-24(27)38)8-19(6-7-36)30(42,15-37)25(39)14-26(34)40/h10-11,13,17,19,36-37,41-42H,3-9,12,14-15H2,1-2H3,(H2,34,40)/t17-,19-,30-/m1/s1. The Bertz CT molecular complexity index is 1330. The third-order valence-corrected chi connectivity index (χ3v) is 7.98. The molecule has 0 fully saturated rings. The summed E-state index contributed by atoms with van der Waals surface area (Å²) in [5, 5.41) is 41.7. The van der Waals surface area contributed by atoms with Crippen molar-refractivity contribution in [3.8, 4) is 5.75 Å². The summed E-state index contributed by atoms with van der Waals surface area (Å²) >= 11 is 0. The van der Waals surface area contributed by atoms with Crippen molar-refractivity contribution in [2.75, 3.05) is 32.2 Å². The number of aliphatic hydroxyl groups excluding tert-OH is 2. The van der Waals surface area contributed by atoms with Gasteiger partial charge < -0.3 is 31.1 Å². The van der Waals surface area contributed by atoms with Crippen molar-refractivity contribution in [3.05, 3.63) is 57.9 Å². The normalized spacial score (nSPS) is 17.0. The molecule has 0 aliphatic heterocycles. The average molecular weight is 595 g/mol. The van der Waals surface area contributed by atoms with E-state index in [4.69, 9.17) is 5.73 Å². The zero-order valence-electron chi connectivity index (χ0n) is 23.6. The second-order valence-corrected chi connectivity index (χ2v) is 11.2. The Hall–Kier alpha value is -3.48. The highest BCUT2D eigenvalue weighted by molar-refractivity contribution is 6.03. The monoisotopic (exact) mass is 594 g/mol. The first kappa shape index (κ1) is 33.0. The van der Waals surface area contributed by atoms with Crippen LogP contribution in [-0.4, -0.2) is 70.8 Å². The number of ketones is 2. The molecule has 42 heavy (non-hydrogen) atoms. The zero-order chi connectivity index (χ0) is 31.4. The molecule has 3 atom stereocenters. The van der Waals surface area contributed by atoms with Crippen LogP contribution in [0.5, 0.6) is 5.75 Å². The smallest absolute Gasteiger partial charge is 0.224 e. The predicted molar refractivity (Wildman–Crippen MR) is 148 cm³/mol. The van der Waals surface area contributed by atoms with Gasteiger partial charge in [-0.2, -0.15) is 0 Å². The molecule has 12 heteroatoms. The summed E-state index contributed by atoms with van der Waals surface area (Å²) in [4.78, 5) is 39.1. The number of nitrogens with zero attached hydrogens (tertiary/aromatic N) is 1. The van der Waals surface area contributed by atoms with E-state index in [1.807, 2.05) is 0 Å². The van der Waals surface area contributed by atoms with E-state index in [1.54, 1.807) is 25.1 Å². The highest BCUT2D eigenvalue weighted by Gasteiger charge is 2.45. The van der Waals surface area contributed by atoms with Crippen LogP contribution in [0.15, 0.2) is 18.2 Å². The van der Waals surface area contributed by atoms with Gasteiger partial charge in [0.05, 0.1) is 18.6 Å². The maximum absolute atomic E-state index is 13.6. The number of phenolic OH excluding ortho intramolecular Hbond substituents is 1. The number of primary amides is 1. The van der Waals surface area contributed by atoms with Crippen LogP contribution in [0.4, 0.5) is 18.9 Å². The molecule has 0 radical (unpaired) electrons. The van der Waals surface area contributed by atoms with E-state index in [0.29, 0.717) is 23.2 Å². The summed E-state index contributed by atoms with van der Waals surface area (Å²) in [6.07, 6.45) is 0.246. The molecule has 0 unspecified atom stereocenters. The second kappa shape index (κ2) is 13.7. The van der Waals surface area contributed by atoms with E-state index in [2.05, 4.69) is 0 Å². The summed E-state index contributed by atoms with van der Waals surface area (Å²) in [6.45, 7) is -1.41. The summed E-state index contributed by atoms with van der Waals surface area (Å²) in [5.74, 6) is -8.03. The Morgan fingerprint density at radius 2 is 1.74 bits per heavy atom. The molecule has 0 aromatic heterocycles. The van der Waals surface area contributed by atoms with Crippen molar-refractivity contribution in [2.24, 2.45) is 17.6 Å². The molecule has 6 N–H and O–H groups in total. The number of amides is 1. The Morgan fingerprint density at radius 3 is 2.29 bits per heavy atom. The molecule has 0 spiro atoms. The molecule has 9 nitrogen and oxygen atoms in total. The Morgan fingerprint density at radius 1 is 1.10 bits per heavy atom. The minimum absolute atomic E-state index is 0.0432. The topological polar surface area (TPSA) is 161 Å². The lowest BCUT2D eigenvalue weighted by molar-refractivity contribution is -0.153. The van der Waals surface area contributed by atoms with E-state index in [-0.39, 0.29) is 61.2 Å². The minimum atomic E-state index is -2.34. The fraction of sp³-hybridized carbons (Fsp3) is 0.500. The van der Waals surface area contributed by atoms with E-state index in [1.165, 1.54) is 0 Å². The van der Waals surface area contributed by atoms with Crippen LogP contribution in [-0.2, 0) is 28.9 Å². The van der Waals surface area contributed by atoms with Crippen molar-refractivity contribution in [3.63, 3.8) is 0 Å². The number of halogens is 3. The number of phenols is 1. The largest absolute Gasteiger partial charge is 0.507 e. The number of anilines is 1. The minimum Gasteiger partial charge on any atom is -0.507 e. The maximum Gasteiger partial charge on any atom is 0.224 e. The first-order valence-electron chi connectivity index (χ1n) is 13.7. The third-order valence-electron chi connectivity index (χ3n) is 7.98. The SMILES string of the molecule is CN(C)c1cc(CCCc2cc(F)c(F)c(F)c2)c(O)c2c1C[C@@H](C[C@@H](CCO)[C@](O)(CO)C(=O)CC(N)=O)CC2=O. The fourth-order valence-electron chi connectivity index (χ4n) is 5.84. The first-order chi connectivity index (χ1) is 19.7. The summed E-state index contributed by atoms with van der Waals surface area (Å²) in [5.41, 5.74) is 4.83. The van der Waals surface area contributed by atoms with Gasteiger partial charge in [0.15, 0.2) is 29.0 Å². The zero-order valence-corrected chi connectivity index (χ0v) is 23.6. The van der Waals surface area contributed by atoms with Gasteiger partial charge in [-0.3, -0.25) is 14.4 Å². The molecular weight excluding hydrogens is 557 g/mol. The highest BCUT2D eigenvalue weighted by Crippen LogP contribution is 2.43. The molecule has 1 aliphatic carbocycles. The lowest BCUT2D eigenvalue weighted by Gasteiger charge is -2.37. The number of aliphatic hydroxyl groups is 3. The van der Waals surface area contributed by atoms with Gasteiger partial charge in [-0.15, -0.1) is 0 Å². The number of hydrogen-bond acceptors (Lipinski definition) is 8. The van der Waals surface area contributed by atoms with Crippen molar-refractivity contribution < 1.29 is 48.0 Å². The van der Waals surface area contributed by atoms with Gasteiger partial charge in [0.1, 0.15) is 11.4 Å². The number of carbonyl (C=O) groups excluding carboxylic acids is 3. The predicted octanol–water partition coefficient (Wildman–Crippen LogP) is 2.35. The first-order valence-corrected chi connectivity index (χ1v) is 13.7. The second-order valence-electron chi connectivity index (χ2n) is 11.2. The molecule has 0 saturated heterocycles. The lowest BCUT2D eigenvalue weighted by atomic mass is 9.71. The number of rotatable bonds is 14. The third kappa shape index (κ3) is 7.11. The van der Waals surface area contributed by atoms with Crippen LogP contribution in [0.25, 0.3) is 0 Å². The lowest BCUT2D eigenvalue weighted by Crippen LogP contribution is -2.51. The van der Waals surface area contributed by atoms with Gasteiger partial charge in [0.25, 0.3) is 0 Å². The molecule has 0 saturated carbocycles. The van der Waals surface area contributed by atoms with Crippen LogP contribution in [0.1, 0.15) is 59.2 Å². The number of benzene rings is 2. The van der Waals surface area contributed by atoms with Crippen LogP contribution < -0.4 is 10.6 Å². The number of carbonyl (C=O) groups is 3. The van der Waals surface area contributed by atoms with Crippen molar-refractivity contribution in [2.45, 2.75) is 57.0 Å². The Kier molecular flexibility index (Phi) is 10.7. The van der Waals surface area contributed by atoms with Gasteiger partial charge in [-0.05, 0) is 85.3 Å². The summed E-state index contributed by atoms with van der Waals surface area (Å²) in [7, 11) is 3.52. The van der Waals surface area contributed by atoms with Crippen molar-refractivity contribution >= 4 is 23.2 Å². The van der Waals surface area contributed by atoms with E-state index >= 15 is 0 Å².